The van der Waals surface area contributed by atoms with Gasteiger partial charge in [0.2, 0.25) is 0 Å². The summed E-state index contributed by atoms with van der Waals surface area (Å²) in [5, 5.41) is 0. The Kier molecular flexibility index (Phi) is 2.28. The molecular formula is C12H15NO. The summed E-state index contributed by atoms with van der Waals surface area (Å²) in [5.74, 6) is 0.872. The maximum Gasteiger partial charge on any atom is 0.184 e. The fourth-order valence-corrected chi connectivity index (χ4v) is 1.69. The van der Waals surface area contributed by atoms with Crippen molar-refractivity contribution in [3.8, 4) is 0 Å². The third-order valence-corrected chi connectivity index (χ3v) is 2.59. The second-order valence-corrected chi connectivity index (χ2v) is 3.79. The number of benzene rings is 1. The zero-order valence-corrected chi connectivity index (χ0v) is 8.66. The minimum atomic E-state index is -0.174. The Balaban J connectivity index is 2.31. The van der Waals surface area contributed by atoms with E-state index in [9.17, 15) is 0 Å². The Bertz CT molecular complexity index is 345. The molecule has 2 rings (SSSR count). The molecule has 1 aliphatic heterocycles. The molecule has 2 nitrogen and oxygen atoms in total. The van der Waals surface area contributed by atoms with Crippen molar-refractivity contribution >= 4 is 5.90 Å². The molecule has 0 fully saturated rings. The number of rotatable bonds is 2. The maximum atomic E-state index is 5.52. The Morgan fingerprint density at radius 2 is 2.07 bits per heavy atom. The van der Waals surface area contributed by atoms with Crippen LogP contribution in [0.4, 0.5) is 0 Å². The molecule has 0 aliphatic carbocycles. The van der Waals surface area contributed by atoms with Gasteiger partial charge in [-0.25, -0.2) is 4.99 Å². The molecule has 0 radical (unpaired) electrons. The fraction of sp³-hybridized carbons (Fsp3) is 0.417. The Labute approximate surface area is 84.6 Å². The van der Waals surface area contributed by atoms with Crippen LogP contribution < -0.4 is 0 Å². The molecule has 0 spiro atoms. The predicted octanol–water partition coefficient (Wildman–Crippen LogP) is 2.74. The lowest BCUT2D eigenvalue weighted by Gasteiger charge is -2.18. The van der Waals surface area contributed by atoms with E-state index in [2.05, 4.69) is 31.0 Å². The molecule has 0 aromatic heterocycles. The molecule has 1 aliphatic rings. The van der Waals surface area contributed by atoms with Crippen molar-refractivity contribution in [2.75, 3.05) is 6.61 Å². The van der Waals surface area contributed by atoms with Crippen LogP contribution in [0.1, 0.15) is 25.8 Å². The number of hydrogen-bond acceptors (Lipinski definition) is 2. The molecule has 0 N–H and O–H groups in total. The Morgan fingerprint density at radius 3 is 2.64 bits per heavy atom. The summed E-state index contributed by atoms with van der Waals surface area (Å²) in [7, 11) is 0. The normalized spacial score (nSPS) is 25.7. The van der Waals surface area contributed by atoms with Gasteiger partial charge in [-0.15, -0.1) is 0 Å². The molecule has 14 heavy (non-hydrogen) atoms. The fourth-order valence-electron chi connectivity index (χ4n) is 1.69. The van der Waals surface area contributed by atoms with Gasteiger partial charge in [-0.05, 0) is 12.5 Å². The molecular weight excluding hydrogens is 174 g/mol. The first-order valence-electron chi connectivity index (χ1n) is 5.01. The van der Waals surface area contributed by atoms with Crippen molar-refractivity contribution in [3.05, 3.63) is 35.9 Å². The largest absolute Gasteiger partial charge is 0.478 e. The third kappa shape index (κ3) is 1.52. The van der Waals surface area contributed by atoms with Crippen LogP contribution in [0.2, 0.25) is 0 Å². The first kappa shape index (κ1) is 9.25. The van der Waals surface area contributed by atoms with E-state index >= 15 is 0 Å². The van der Waals surface area contributed by atoms with Crippen LogP contribution in [-0.2, 0) is 10.3 Å². The predicted molar refractivity (Wildman–Crippen MR) is 57.5 cm³/mol. The SMILES string of the molecule is CCC1=NC(C)(c2ccccc2)CO1. The van der Waals surface area contributed by atoms with Crippen molar-refractivity contribution in [3.63, 3.8) is 0 Å². The van der Waals surface area contributed by atoms with E-state index < -0.39 is 0 Å². The second-order valence-electron chi connectivity index (χ2n) is 3.79. The summed E-state index contributed by atoms with van der Waals surface area (Å²) in [5.41, 5.74) is 1.05. The highest BCUT2D eigenvalue weighted by Crippen LogP contribution is 2.30. The molecule has 1 unspecified atom stereocenters. The minimum absolute atomic E-state index is 0.174. The molecule has 1 heterocycles. The van der Waals surface area contributed by atoms with Crippen LogP contribution in [0, 0.1) is 0 Å². The number of hydrogen-bond donors (Lipinski definition) is 0. The lowest BCUT2D eigenvalue weighted by molar-refractivity contribution is 0.265. The monoisotopic (exact) mass is 189 g/mol. The smallest absolute Gasteiger partial charge is 0.184 e. The van der Waals surface area contributed by atoms with Crippen molar-refractivity contribution < 1.29 is 4.74 Å². The standard InChI is InChI=1S/C12H15NO/c1-3-11-13-12(2,9-14-11)10-7-5-4-6-8-10/h4-8H,3,9H2,1-2H3. The van der Waals surface area contributed by atoms with Crippen molar-refractivity contribution in [2.45, 2.75) is 25.8 Å². The maximum absolute atomic E-state index is 5.52. The zero-order chi connectivity index (χ0) is 10.0. The van der Waals surface area contributed by atoms with Crippen LogP contribution in [0.3, 0.4) is 0 Å². The van der Waals surface area contributed by atoms with Crippen molar-refractivity contribution in [1.29, 1.82) is 0 Å². The molecule has 0 bridgehead atoms. The topological polar surface area (TPSA) is 21.6 Å². The highest BCUT2D eigenvalue weighted by atomic mass is 16.5. The summed E-state index contributed by atoms with van der Waals surface area (Å²) in [6.45, 7) is 4.85. The summed E-state index contributed by atoms with van der Waals surface area (Å²) in [6, 6.07) is 10.3. The summed E-state index contributed by atoms with van der Waals surface area (Å²) < 4.78 is 5.52. The summed E-state index contributed by atoms with van der Waals surface area (Å²) in [6.07, 6.45) is 0.877. The molecule has 1 atom stereocenters. The van der Waals surface area contributed by atoms with E-state index in [4.69, 9.17) is 4.74 Å². The average Bonchev–Trinajstić information content (AvgIpc) is 2.63. The first-order valence-corrected chi connectivity index (χ1v) is 5.01. The van der Waals surface area contributed by atoms with Gasteiger partial charge in [0.1, 0.15) is 12.1 Å². The van der Waals surface area contributed by atoms with Gasteiger partial charge in [-0.1, -0.05) is 37.3 Å². The summed E-state index contributed by atoms with van der Waals surface area (Å²) in [4.78, 5) is 4.60. The van der Waals surface area contributed by atoms with E-state index in [1.807, 2.05) is 18.2 Å². The van der Waals surface area contributed by atoms with E-state index in [0.717, 1.165) is 12.3 Å². The first-order chi connectivity index (χ1) is 6.74. The summed E-state index contributed by atoms with van der Waals surface area (Å²) >= 11 is 0. The molecule has 0 saturated heterocycles. The molecule has 0 amide bonds. The molecule has 1 aromatic carbocycles. The lowest BCUT2D eigenvalue weighted by atomic mass is 9.94. The van der Waals surface area contributed by atoms with Gasteiger partial charge >= 0.3 is 0 Å². The molecule has 74 valence electrons. The Hall–Kier alpha value is -1.31. The van der Waals surface area contributed by atoms with Crippen LogP contribution in [-0.4, -0.2) is 12.5 Å². The van der Waals surface area contributed by atoms with E-state index in [1.165, 1.54) is 5.56 Å². The van der Waals surface area contributed by atoms with Gasteiger partial charge < -0.3 is 4.74 Å². The highest BCUT2D eigenvalue weighted by molar-refractivity contribution is 5.78. The Morgan fingerprint density at radius 1 is 1.36 bits per heavy atom. The van der Waals surface area contributed by atoms with Gasteiger partial charge in [-0.3, -0.25) is 0 Å². The zero-order valence-electron chi connectivity index (χ0n) is 8.66. The van der Waals surface area contributed by atoms with Gasteiger partial charge in [0.05, 0.1) is 0 Å². The third-order valence-electron chi connectivity index (χ3n) is 2.59. The quantitative estimate of drug-likeness (QED) is 0.701. The van der Waals surface area contributed by atoms with Gasteiger partial charge in [0.15, 0.2) is 5.90 Å². The molecule has 2 heteroatoms. The second kappa shape index (κ2) is 3.45. The van der Waals surface area contributed by atoms with Crippen molar-refractivity contribution in [2.24, 2.45) is 4.99 Å². The molecule has 1 aromatic rings. The number of aliphatic imine (C=N–C) groups is 1. The van der Waals surface area contributed by atoms with Gasteiger partial charge in [0.25, 0.3) is 0 Å². The molecule has 0 saturated carbocycles. The minimum Gasteiger partial charge on any atom is -0.478 e. The number of ether oxygens (including phenoxy) is 1. The van der Waals surface area contributed by atoms with Gasteiger partial charge in [0, 0.05) is 6.42 Å². The van der Waals surface area contributed by atoms with Crippen LogP contribution in [0.5, 0.6) is 0 Å². The van der Waals surface area contributed by atoms with E-state index in [0.29, 0.717) is 6.61 Å². The van der Waals surface area contributed by atoms with Crippen molar-refractivity contribution in [1.82, 2.24) is 0 Å². The number of nitrogens with zero attached hydrogens (tertiary/aromatic N) is 1. The van der Waals surface area contributed by atoms with Gasteiger partial charge in [-0.2, -0.15) is 0 Å². The average molecular weight is 189 g/mol. The highest BCUT2D eigenvalue weighted by Gasteiger charge is 2.32. The van der Waals surface area contributed by atoms with Crippen LogP contribution in [0.15, 0.2) is 35.3 Å². The van der Waals surface area contributed by atoms with E-state index in [-0.39, 0.29) is 5.54 Å². The van der Waals surface area contributed by atoms with Crippen LogP contribution in [0.25, 0.3) is 0 Å². The van der Waals surface area contributed by atoms with E-state index in [1.54, 1.807) is 0 Å². The lowest BCUT2D eigenvalue weighted by Crippen LogP contribution is -2.20. The van der Waals surface area contributed by atoms with Crippen LogP contribution >= 0.6 is 0 Å².